The summed E-state index contributed by atoms with van der Waals surface area (Å²) in [6.07, 6.45) is 11.5. The van der Waals surface area contributed by atoms with Crippen LogP contribution in [0.4, 0.5) is 0 Å². The molecule has 3 heteroatoms. The number of carbonyl (C=O) groups excluding carboxylic acids is 1. The summed E-state index contributed by atoms with van der Waals surface area (Å²) >= 11 is 0. The molecule has 0 fully saturated rings. The molecular formula is C12H14N2O. The van der Waals surface area contributed by atoms with E-state index in [9.17, 15) is 4.79 Å². The maximum Gasteiger partial charge on any atom is 0.244 e. The molecule has 0 atom stereocenters. The van der Waals surface area contributed by atoms with Gasteiger partial charge >= 0.3 is 0 Å². The van der Waals surface area contributed by atoms with Crippen molar-refractivity contribution in [1.29, 1.82) is 0 Å². The first-order valence-electron chi connectivity index (χ1n) is 5.06. The molecule has 0 saturated carbocycles. The van der Waals surface area contributed by atoms with Gasteiger partial charge < -0.3 is 11.1 Å². The minimum absolute atomic E-state index is 0.305. The van der Waals surface area contributed by atoms with Gasteiger partial charge in [-0.1, -0.05) is 18.2 Å². The lowest BCUT2D eigenvalue weighted by molar-refractivity contribution is -0.114. The van der Waals surface area contributed by atoms with E-state index in [1.807, 2.05) is 24.4 Å². The molecule has 1 amide bonds. The van der Waals surface area contributed by atoms with Crippen LogP contribution in [0.3, 0.4) is 0 Å². The first-order valence-corrected chi connectivity index (χ1v) is 5.06. The van der Waals surface area contributed by atoms with Crippen LogP contribution in [-0.4, -0.2) is 12.5 Å². The van der Waals surface area contributed by atoms with Crippen LogP contribution >= 0.6 is 0 Å². The van der Waals surface area contributed by atoms with Gasteiger partial charge in [-0.05, 0) is 36.3 Å². The van der Waals surface area contributed by atoms with Gasteiger partial charge in [-0.3, -0.25) is 4.79 Å². The van der Waals surface area contributed by atoms with E-state index in [-0.39, 0.29) is 5.91 Å². The molecule has 3 nitrogen and oxygen atoms in total. The molecule has 1 aliphatic carbocycles. The Bertz CT molecular complexity index is 400. The zero-order valence-corrected chi connectivity index (χ0v) is 8.49. The van der Waals surface area contributed by atoms with Crippen molar-refractivity contribution in [3.8, 4) is 0 Å². The molecule has 15 heavy (non-hydrogen) atoms. The van der Waals surface area contributed by atoms with Gasteiger partial charge in [0.25, 0.3) is 0 Å². The Morgan fingerprint density at radius 3 is 2.60 bits per heavy atom. The highest BCUT2D eigenvalue weighted by Gasteiger charge is 2.13. The number of dihydropyridines is 1. The van der Waals surface area contributed by atoms with E-state index >= 15 is 0 Å². The van der Waals surface area contributed by atoms with Crippen molar-refractivity contribution < 1.29 is 4.79 Å². The normalized spacial score (nSPS) is 19.9. The molecule has 0 aromatic carbocycles. The van der Waals surface area contributed by atoms with E-state index in [1.165, 1.54) is 11.1 Å². The molecule has 0 aromatic heterocycles. The van der Waals surface area contributed by atoms with Crippen LogP contribution in [-0.2, 0) is 4.79 Å². The van der Waals surface area contributed by atoms with E-state index in [2.05, 4.69) is 11.4 Å². The van der Waals surface area contributed by atoms with Gasteiger partial charge in [-0.15, -0.1) is 0 Å². The Hall–Kier alpha value is -1.77. The number of nitrogens with two attached hydrogens (primary N) is 1. The maximum absolute atomic E-state index is 10.9. The van der Waals surface area contributed by atoms with Gasteiger partial charge in [0, 0.05) is 12.1 Å². The van der Waals surface area contributed by atoms with Crippen molar-refractivity contribution >= 4 is 5.91 Å². The molecule has 1 aliphatic heterocycles. The summed E-state index contributed by atoms with van der Waals surface area (Å²) in [7, 11) is 0. The molecule has 0 unspecified atom stereocenters. The molecule has 78 valence electrons. The third-order valence-corrected chi connectivity index (χ3v) is 2.68. The van der Waals surface area contributed by atoms with Crippen LogP contribution in [0.1, 0.15) is 12.8 Å². The molecule has 2 rings (SSSR count). The van der Waals surface area contributed by atoms with Gasteiger partial charge in [0.2, 0.25) is 5.91 Å². The summed E-state index contributed by atoms with van der Waals surface area (Å²) in [5, 5.41) is 3.16. The summed E-state index contributed by atoms with van der Waals surface area (Å²) < 4.78 is 0. The Kier molecular flexibility index (Phi) is 2.72. The molecule has 0 spiro atoms. The van der Waals surface area contributed by atoms with E-state index in [1.54, 1.807) is 0 Å². The number of primary amides is 1. The monoisotopic (exact) mass is 202 g/mol. The zero-order chi connectivity index (χ0) is 10.7. The van der Waals surface area contributed by atoms with Crippen molar-refractivity contribution in [3.05, 3.63) is 47.2 Å². The van der Waals surface area contributed by atoms with Crippen LogP contribution in [0.15, 0.2) is 47.2 Å². The van der Waals surface area contributed by atoms with Gasteiger partial charge in [-0.2, -0.15) is 0 Å². The average Bonchev–Trinajstić information content (AvgIpc) is 2.30. The molecule has 0 aromatic rings. The highest BCUT2D eigenvalue weighted by Crippen LogP contribution is 2.24. The second kappa shape index (κ2) is 4.17. The minimum Gasteiger partial charge on any atom is -0.387 e. The number of carbonyl (C=O) groups is 1. The number of hydrogen-bond donors (Lipinski definition) is 2. The fraction of sp³-hybridized carbons (Fsp3) is 0.250. The lowest BCUT2D eigenvalue weighted by atomic mass is 9.92. The van der Waals surface area contributed by atoms with Gasteiger partial charge in [0.05, 0.1) is 0 Å². The predicted molar refractivity (Wildman–Crippen MR) is 59.8 cm³/mol. The third-order valence-electron chi connectivity index (χ3n) is 2.68. The zero-order valence-electron chi connectivity index (χ0n) is 8.49. The first kappa shape index (κ1) is 9.77. The molecule has 0 bridgehead atoms. The largest absolute Gasteiger partial charge is 0.387 e. The fourth-order valence-corrected chi connectivity index (χ4v) is 1.79. The van der Waals surface area contributed by atoms with Crippen LogP contribution in [0.2, 0.25) is 0 Å². The topological polar surface area (TPSA) is 55.1 Å². The van der Waals surface area contributed by atoms with E-state index in [4.69, 9.17) is 5.73 Å². The Balaban J connectivity index is 2.16. The molecule has 3 N–H and O–H groups in total. The average molecular weight is 202 g/mol. The molecular weight excluding hydrogens is 188 g/mol. The molecule has 2 aliphatic rings. The Labute approximate surface area is 89.0 Å². The Morgan fingerprint density at radius 1 is 1.20 bits per heavy atom. The van der Waals surface area contributed by atoms with Crippen LogP contribution in [0.25, 0.3) is 0 Å². The Morgan fingerprint density at radius 2 is 2.07 bits per heavy atom. The first-order chi connectivity index (χ1) is 7.27. The number of nitrogens with one attached hydrogen (secondary N) is 1. The number of hydrogen-bond acceptors (Lipinski definition) is 2. The minimum atomic E-state index is -0.305. The SMILES string of the molecule is NC(=O)C1=CC=C(C2=CC=CNC2)CC1. The van der Waals surface area contributed by atoms with Crippen molar-refractivity contribution in [3.63, 3.8) is 0 Å². The van der Waals surface area contributed by atoms with Gasteiger partial charge in [0.1, 0.15) is 0 Å². The molecule has 0 saturated heterocycles. The van der Waals surface area contributed by atoms with Crippen molar-refractivity contribution in [1.82, 2.24) is 5.32 Å². The summed E-state index contributed by atoms with van der Waals surface area (Å²) in [5.74, 6) is -0.305. The smallest absolute Gasteiger partial charge is 0.244 e. The number of amides is 1. The summed E-state index contributed by atoms with van der Waals surface area (Å²) in [5.41, 5.74) is 8.52. The quantitative estimate of drug-likeness (QED) is 0.706. The lowest BCUT2D eigenvalue weighted by Gasteiger charge is -2.17. The van der Waals surface area contributed by atoms with Gasteiger partial charge in [-0.25, -0.2) is 0 Å². The second-order valence-corrected chi connectivity index (χ2v) is 3.68. The fourth-order valence-electron chi connectivity index (χ4n) is 1.79. The highest BCUT2D eigenvalue weighted by atomic mass is 16.1. The summed E-state index contributed by atoms with van der Waals surface area (Å²) in [6.45, 7) is 0.863. The van der Waals surface area contributed by atoms with Gasteiger partial charge in [0.15, 0.2) is 0 Å². The molecule has 1 heterocycles. The second-order valence-electron chi connectivity index (χ2n) is 3.68. The highest BCUT2D eigenvalue weighted by molar-refractivity contribution is 5.92. The van der Waals surface area contributed by atoms with E-state index < -0.39 is 0 Å². The summed E-state index contributed by atoms with van der Waals surface area (Å²) in [6, 6.07) is 0. The standard InChI is InChI=1S/C12H14N2O/c13-12(15)10-5-3-9(4-6-10)11-2-1-7-14-8-11/h1-3,5,7,14H,4,6,8H2,(H2,13,15). The number of allylic oxidation sites excluding steroid dienone is 4. The third kappa shape index (κ3) is 2.18. The van der Waals surface area contributed by atoms with Crippen molar-refractivity contribution in [2.75, 3.05) is 6.54 Å². The van der Waals surface area contributed by atoms with Crippen molar-refractivity contribution in [2.24, 2.45) is 5.73 Å². The van der Waals surface area contributed by atoms with Crippen molar-refractivity contribution in [2.45, 2.75) is 12.8 Å². The van der Waals surface area contributed by atoms with E-state index in [0.29, 0.717) is 0 Å². The predicted octanol–water partition coefficient (Wildman–Crippen LogP) is 1.16. The maximum atomic E-state index is 10.9. The molecule has 0 radical (unpaired) electrons. The van der Waals surface area contributed by atoms with Crippen LogP contribution < -0.4 is 11.1 Å². The van der Waals surface area contributed by atoms with Crippen LogP contribution in [0.5, 0.6) is 0 Å². The van der Waals surface area contributed by atoms with E-state index in [0.717, 1.165) is 25.0 Å². The lowest BCUT2D eigenvalue weighted by Crippen LogP contribution is -2.18. The summed E-state index contributed by atoms with van der Waals surface area (Å²) in [4.78, 5) is 10.9. The number of rotatable bonds is 2. The van der Waals surface area contributed by atoms with Crippen LogP contribution in [0, 0.1) is 0 Å².